The maximum atomic E-state index is 2.52. The molecule has 0 fully saturated rings. The molecule has 0 radical (unpaired) electrons. The molecular weight excluding hydrogens is 1010 g/mol. The van der Waals surface area contributed by atoms with Crippen LogP contribution in [0.25, 0.3) is 116 Å². The smallest absolute Gasteiger partial charge is 0.179 e. The van der Waals surface area contributed by atoms with Gasteiger partial charge in [-0.15, -0.1) is 0 Å². The minimum absolute atomic E-state index is 1.09. The molecule has 0 spiro atoms. The van der Waals surface area contributed by atoms with Crippen molar-refractivity contribution in [3.63, 3.8) is 0 Å². The molecule has 0 unspecified atom stereocenters. The summed E-state index contributed by atoms with van der Waals surface area (Å²) >= 11 is 0. The van der Waals surface area contributed by atoms with Crippen molar-refractivity contribution in [1.82, 2.24) is 13.7 Å². The van der Waals surface area contributed by atoms with Crippen LogP contribution in [0.3, 0.4) is 0 Å². The third kappa shape index (κ3) is 7.57. The molecule has 16 aromatic rings. The van der Waals surface area contributed by atoms with Gasteiger partial charge < -0.3 is 13.7 Å². The molecule has 3 heterocycles. The van der Waals surface area contributed by atoms with Gasteiger partial charge in [0.25, 0.3) is 0 Å². The lowest BCUT2D eigenvalue weighted by molar-refractivity contribution is 1.13. The molecule has 0 atom stereocenters. The molecule has 0 N–H and O–H groups in total. The SMILES string of the molecule is c1ccc(-c2ccc3c(c2)c2cc(-c4ccccc4)ccc2n3-c2ccc3c4ccccc4n(-c4cc(-c5cccc([Si](c6ccccc6)(c6ccccc6)c6ccccc6)c5)cc(-n5c6ccccc6c6ccccc65)c4)c3c2)cc1. The van der Waals surface area contributed by atoms with E-state index in [9.17, 15) is 0 Å². The van der Waals surface area contributed by atoms with E-state index in [0.717, 1.165) is 39.2 Å². The van der Waals surface area contributed by atoms with E-state index in [2.05, 4.69) is 335 Å². The number of para-hydroxylation sites is 3. The zero-order valence-electron chi connectivity index (χ0n) is 44.9. The van der Waals surface area contributed by atoms with E-state index >= 15 is 0 Å². The minimum atomic E-state index is -2.87. The van der Waals surface area contributed by atoms with Gasteiger partial charge in [0.1, 0.15) is 0 Å². The van der Waals surface area contributed by atoms with Gasteiger partial charge in [0, 0.05) is 49.4 Å². The van der Waals surface area contributed by atoms with Crippen LogP contribution in [0.5, 0.6) is 0 Å². The Balaban J connectivity index is 0.959. The van der Waals surface area contributed by atoms with Crippen molar-refractivity contribution in [3.05, 3.63) is 322 Å². The Hall–Kier alpha value is -10.5. The average molecular weight is 1060 g/mol. The van der Waals surface area contributed by atoms with Crippen molar-refractivity contribution < 1.29 is 0 Å². The van der Waals surface area contributed by atoms with Gasteiger partial charge in [0.15, 0.2) is 8.07 Å². The number of rotatable bonds is 10. The topological polar surface area (TPSA) is 14.8 Å². The van der Waals surface area contributed by atoms with Gasteiger partial charge in [0.05, 0.1) is 33.1 Å². The fourth-order valence-electron chi connectivity index (χ4n) is 13.5. The van der Waals surface area contributed by atoms with Crippen LogP contribution in [0.2, 0.25) is 0 Å². The van der Waals surface area contributed by atoms with Crippen molar-refractivity contribution >= 4 is 94.2 Å². The first-order valence-corrected chi connectivity index (χ1v) is 30.3. The van der Waals surface area contributed by atoms with Crippen LogP contribution in [-0.2, 0) is 0 Å². The molecule has 82 heavy (non-hydrogen) atoms. The van der Waals surface area contributed by atoms with E-state index < -0.39 is 8.07 Å². The predicted molar refractivity (Wildman–Crippen MR) is 349 cm³/mol. The lowest BCUT2D eigenvalue weighted by Gasteiger charge is -2.34. The summed E-state index contributed by atoms with van der Waals surface area (Å²) in [5.41, 5.74) is 17.4. The molecule has 0 aliphatic carbocycles. The van der Waals surface area contributed by atoms with Crippen molar-refractivity contribution in [3.8, 4) is 50.4 Å². The Morgan fingerprint density at radius 1 is 0.171 bits per heavy atom. The molecule has 3 nitrogen and oxygen atoms in total. The first kappa shape index (κ1) is 47.5. The summed E-state index contributed by atoms with van der Waals surface area (Å²) in [6, 6.07) is 120. The van der Waals surface area contributed by atoms with Crippen LogP contribution < -0.4 is 20.7 Å². The molecule has 4 heteroatoms. The second kappa shape index (κ2) is 19.4. The summed E-state index contributed by atoms with van der Waals surface area (Å²) in [5, 5.41) is 12.7. The first-order chi connectivity index (χ1) is 40.7. The summed E-state index contributed by atoms with van der Waals surface area (Å²) in [7, 11) is -2.87. The van der Waals surface area contributed by atoms with Crippen LogP contribution in [0.1, 0.15) is 0 Å². The molecule has 0 aliphatic rings. The number of aromatic nitrogens is 3. The van der Waals surface area contributed by atoms with Gasteiger partial charge in [-0.1, -0.05) is 249 Å². The van der Waals surface area contributed by atoms with Crippen LogP contribution in [-0.4, -0.2) is 21.8 Å². The largest absolute Gasteiger partial charge is 0.309 e. The van der Waals surface area contributed by atoms with Crippen molar-refractivity contribution in [1.29, 1.82) is 0 Å². The fraction of sp³-hybridized carbons (Fsp3) is 0. The molecule has 384 valence electrons. The highest BCUT2D eigenvalue weighted by Gasteiger charge is 2.41. The predicted octanol–water partition coefficient (Wildman–Crippen LogP) is 17.4. The first-order valence-electron chi connectivity index (χ1n) is 28.3. The summed E-state index contributed by atoms with van der Waals surface area (Å²) in [5.74, 6) is 0. The molecule has 0 amide bonds. The van der Waals surface area contributed by atoms with E-state index in [-0.39, 0.29) is 0 Å². The molecule has 13 aromatic carbocycles. The average Bonchev–Trinajstić information content (AvgIpc) is 3.61. The van der Waals surface area contributed by atoms with E-state index in [1.54, 1.807) is 0 Å². The third-order valence-corrected chi connectivity index (χ3v) is 21.9. The number of benzene rings is 13. The second-order valence-corrected chi connectivity index (χ2v) is 25.4. The molecule has 0 saturated heterocycles. The monoisotopic (exact) mass is 1060 g/mol. The van der Waals surface area contributed by atoms with Gasteiger partial charge >= 0.3 is 0 Å². The summed E-state index contributed by atoms with van der Waals surface area (Å²) in [6.45, 7) is 0. The summed E-state index contributed by atoms with van der Waals surface area (Å²) in [4.78, 5) is 0. The zero-order chi connectivity index (χ0) is 54.1. The van der Waals surface area contributed by atoms with Crippen molar-refractivity contribution in [2.24, 2.45) is 0 Å². The van der Waals surface area contributed by atoms with Gasteiger partial charge in [-0.05, 0) is 127 Å². The molecule has 16 rings (SSSR count). The number of nitrogens with zero attached hydrogens (tertiary/aromatic N) is 3. The lowest BCUT2D eigenvalue weighted by atomic mass is 10.0. The van der Waals surface area contributed by atoms with Gasteiger partial charge in [0.2, 0.25) is 0 Å². The number of fused-ring (bicyclic) bond motifs is 9. The quantitative estimate of drug-likeness (QED) is 0.0958. The van der Waals surface area contributed by atoms with E-state index in [1.165, 1.54) is 97.4 Å². The Labute approximate surface area is 477 Å². The highest BCUT2D eigenvalue weighted by Crippen LogP contribution is 2.42. The Kier molecular flexibility index (Phi) is 11.2. The molecule has 0 aliphatic heterocycles. The summed E-state index contributed by atoms with van der Waals surface area (Å²) < 4.78 is 7.47. The Morgan fingerprint density at radius 3 is 1.00 bits per heavy atom. The highest BCUT2D eigenvalue weighted by atomic mass is 28.3. The maximum Gasteiger partial charge on any atom is 0.179 e. The maximum absolute atomic E-state index is 2.87. The normalized spacial score (nSPS) is 11.9. The minimum Gasteiger partial charge on any atom is -0.309 e. The van der Waals surface area contributed by atoms with Gasteiger partial charge in [-0.2, -0.15) is 0 Å². The summed E-state index contributed by atoms with van der Waals surface area (Å²) in [6.07, 6.45) is 0. The van der Waals surface area contributed by atoms with E-state index in [1.807, 2.05) is 0 Å². The standard InChI is InChI=1S/C78H53N3Si/c1-6-23-54(24-7-1)57-41-45-76-71(50-57)72-51-58(55-25-8-2-9-26-55)42-46-77(72)79(76)60-43-44-70-69-37-18-21-40-75(69)81(78(70)53-60)62-48-59(47-61(52-62)80-73-38-19-16-35-67(73)68-36-17-20-39-74(68)80)56-27-22-34-66(49-56)82(63-28-10-3-11-29-63,64-30-12-4-13-31-64)65-32-14-5-15-33-65/h1-53H. The van der Waals surface area contributed by atoms with E-state index in [0.29, 0.717) is 0 Å². The van der Waals surface area contributed by atoms with Crippen LogP contribution >= 0.6 is 0 Å². The van der Waals surface area contributed by atoms with E-state index in [4.69, 9.17) is 0 Å². The Bertz CT molecular complexity index is 4830. The van der Waals surface area contributed by atoms with Crippen LogP contribution in [0.15, 0.2) is 322 Å². The number of hydrogen-bond donors (Lipinski definition) is 0. The third-order valence-electron chi connectivity index (χ3n) is 17.1. The van der Waals surface area contributed by atoms with Gasteiger partial charge in [-0.25, -0.2) is 0 Å². The molecule has 3 aromatic heterocycles. The number of hydrogen-bond acceptors (Lipinski definition) is 0. The molecule has 0 saturated carbocycles. The fourth-order valence-corrected chi connectivity index (χ4v) is 18.3. The molecular formula is C78H53N3Si. The van der Waals surface area contributed by atoms with Crippen LogP contribution in [0, 0.1) is 0 Å². The van der Waals surface area contributed by atoms with Crippen molar-refractivity contribution in [2.45, 2.75) is 0 Å². The van der Waals surface area contributed by atoms with Gasteiger partial charge in [-0.3, -0.25) is 0 Å². The second-order valence-electron chi connectivity index (χ2n) is 21.6. The molecule has 0 bridgehead atoms. The zero-order valence-corrected chi connectivity index (χ0v) is 45.9. The Morgan fingerprint density at radius 2 is 0.524 bits per heavy atom. The highest BCUT2D eigenvalue weighted by molar-refractivity contribution is 7.19. The van der Waals surface area contributed by atoms with Crippen LogP contribution in [0.4, 0.5) is 0 Å². The van der Waals surface area contributed by atoms with Crippen molar-refractivity contribution in [2.75, 3.05) is 0 Å². The lowest BCUT2D eigenvalue weighted by Crippen LogP contribution is -2.74.